The van der Waals surface area contributed by atoms with Crippen molar-refractivity contribution in [1.29, 1.82) is 5.26 Å². The molecule has 0 radical (unpaired) electrons. The van der Waals surface area contributed by atoms with Crippen LogP contribution in [0.2, 0.25) is 0 Å². The first-order chi connectivity index (χ1) is 8.23. The van der Waals surface area contributed by atoms with Crippen molar-refractivity contribution in [3.63, 3.8) is 0 Å². The summed E-state index contributed by atoms with van der Waals surface area (Å²) in [5.74, 6) is 0.535. The van der Waals surface area contributed by atoms with Gasteiger partial charge in [0.05, 0.1) is 17.6 Å². The monoisotopic (exact) mass is 273 g/mol. The Kier molecular flexibility index (Phi) is 4.76. The SMILES string of the molecule is CNC(C)(C#N)CC(C)N(C)C1CCS(=O)(=O)C1. The number of nitrogens with one attached hydrogen (secondary N) is 1. The van der Waals surface area contributed by atoms with E-state index >= 15 is 0 Å². The molecule has 1 heterocycles. The molecule has 0 aromatic carbocycles. The van der Waals surface area contributed by atoms with Gasteiger partial charge >= 0.3 is 0 Å². The highest BCUT2D eigenvalue weighted by atomic mass is 32.2. The van der Waals surface area contributed by atoms with Gasteiger partial charge in [-0.1, -0.05) is 0 Å². The molecule has 0 aromatic rings. The molecule has 0 aliphatic carbocycles. The zero-order chi connectivity index (χ0) is 14.0. The largest absolute Gasteiger partial charge is 0.303 e. The first-order valence-corrected chi connectivity index (χ1v) is 8.07. The number of nitrogens with zero attached hydrogens (tertiary/aromatic N) is 2. The van der Waals surface area contributed by atoms with Crippen molar-refractivity contribution in [2.45, 2.75) is 44.3 Å². The molecule has 1 aliphatic rings. The molecule has 6 heteroatoms. The Bertz CT molecular complexity index is 429. The summed E-state index contributed by atoms with van der Waals surface area (Å²) >= 11 is 0. The van der Waals surface area contributed by atoms with Crippen LogP contribution in [-0.4, -0.2) is 56.5 Å². The Labute approximate surface area is 110 Å². The Morgan fingerprint density at radius 2 is 2.22 bits per heavy atom. The summed E-state index contributed by atoms with van der Waals surface area (Å²) in [6.45, 7) is 3.90. The second kappa shape index (κ2) is 5.55. The zero-order valence-electron chi connectivity index (χ0n) is 11.6. The van der Waals surface area contributed by atoms with Crippen LogP contribution in [0.15, 0.2) is 0 Å². The third kappa shape index (κ3) is 3.67. The van der Waals surface area contributed by atoms with Crippen molar-refractivity contribution in [3.8, 4) is 6.07 Å². The van der Waals surface area contributed by atoms with Gasteiger partial charge < -0.3 is 5.32 Å². The van der Waals surface area contributed by atoms with Crippen molar-refractivity contribution in [1.82, 2.24) is 10.2 Å². The maximum atomic E-state index is 11.5. The predicted octanol–water partition coefficient (Wildman–Crippen LogP) is 0.386. The van der Waals surface area contributed by atoms with E-state index in [1.54, 1.807) is 7.05 Å². The van der Waals surface area contributed by atoms with Gasteiger partial charge in [-0.25, -0.2) is 8.42 Å². The molecule has 0 spiro atoms. The zero-order valence-corrected chi connectivity index (χ0v) is 12.4. The molecule has 1 N–H and O–H groups in total. The molecule has 3 atom stereocenters. The van der Waals surface area contributed by atoms with Gasteiger partial charge in [0.2, 0.25) is 0 Å². The summed E-state index contributed by atoms with van der Waals surface area (Å²) in [6.07, 6.45) is 1.37. The van der Waals surface area contributed by atoms with Crippen molar-refractivity contribution < 1.29 is 8.42 Å². The van der Waals surface area contributed by atoms with Gasteiger partial charge in [-0.05, 0) is 40.8 Å². The maximum absolute atomic E-state index is 11.5. The standard InChI is InChI=1S/C12H23N3O2S/c1-10(7-12(2,9-13)14-3)15(4)11-5-6-18(16,17)8-11/h10-11,14H,5-8H2,1-4H3. The van der Waals surface area contributed by atoms with E-state index in [4.69, 9.17) is 5.26 Å². The van der Waals surface area contributed by atoms with E-state index in [0.717, 1.165) is 0 Å². The van der Waals surface area contributed by atoms with E-state index in [1.807, 2.05) is 20.9 Å². The quantitative estimate of drug-likeness (QED) is 0.784. The van der Waals surface area contributed by atoms with Crippen LogP contribution in [0.1, 0.15) is 26.7 Å². The fourth-order valence-electron chi connectivity index (χ4n) is 2.39. The number of nitriles is 1. The molecule has 1 rings (SSSR count). The fourth-order valence-corrected chi connectivity index (χ4v) is 4.18. The van der Waals surface area contributed by atoms with Crippen LogP contribution in [-0.2, 0) is 9.84 Å². The molecular formula is C12H23N3O2S. The average Bonchev–Trinajstić information content (AvgIpc) is 2.68. The smallest absolute Gasteiger partial charge is 0.151 e. The Morgan fingerprint density at radius 3 is 2.61 bits per heavy atom. The lowest BCUT2D eigenvalue weighted by Gasteiger charge is -2.34. The van der Waals surface area contributed by atoms with Crippen LogP contribution < -0.4 is 5.32 Å². The molecule has 0 amide bonds. The molecule has 0 bridgehead atoms. The highest BCUT2D eigenvalue weighted by molar-refractivity contribution is 7.91. The molecule has 18 heavy (non-hydrogen) atoms. The molecule has 0 aromatic heterocycles. The Balaban J connectivity index is 2.63. The molecular weight excluding hydrogens is 250 g/mol. The van der Waals surface area contributed by atoms with Gasteiger partial charge in [0.1, 0.15) is 5.54 Å². The highest BCUT2D eigenvalue weighted by Gasteiger charge is 2.34. The topological polar surface area (TPSA) is 73.2 Å². The van der Waals surface area contributed by atoms with Crippen LogP contribution >= 0.6 is 0 Å². The second-order valence-corrected chi connectivity index (χ2v) is 7.70. The van der Waals surface area contributed by atoms with Crippen molar-refractivity contribution in [2.24, 2.45) is 0 Å². The van der Waals surface area contributed by atoms with E-state index in [1.165, 1.54) is 0 Å². The minimum atomic E-state index is -2.85. The lowest BCUT2D eigenvalue weighted by atomic mass is 9.94. The Morgan fingerprint density at radius 1 is 1.61 bits per heavy atom. The lowest BCUT2D eigenvalue weighted by molar-refractivity contribution is 0.171. The summed E-state index contributed by atoms with van der Waals surface area (Å²) in [4.78, 5) is 2.09. The molecule has 5 nitrogen and oxygen atoms in total. The first-order valence-electron chi connectivity index (χ1n) is 6.25. The fraction of sp³-hybridized carbons (Fsp3) is 0.917. The number of hydrogen-bond donors (Lipinski definition) is 1. The molecule has 3 unspecified atom stereocenters. The molecule has 0 saturated carbocycles. The van der Waals surface area contributed by atoms with E-state index in [2.05, 4.69) is 16.3 Å². The lowest BCUT2D eigenvalue weighted by Crippen LogP contribution is -2.47. The van der Waals surface area contributed by atoms with Crippen molar-refractivity contribution >= 4 is 9.84 Å². The second-order valence-electron chi connectivity index (χ2n) is 5.47. The van der Waals surface area contributed by atoms with Gasteiger partial charge in [-0.15, -0.1) is 0 Å². The van der Waals surface area contributed by atoms with Crippen LogP contribution in [0.25, 0.3) is 0 Å². The highest BCUT2D eigenvalue weighted by Crippen LogP contribution is 2.22. The molecule has 104 valence electrons. The summed E-state index contributed by atoms with van der Waals surface area (Å²) < 4.78 is 22.9. The third-order valence-corrected chi connectivity index (χ3v) is 5.73. The van der Waals surface area contributed by atoms with Crippen LogP contribution in [0, 0.1) is 11.3 Å². The molecule has 1 fully saturated rings. The summed E-state index contributed by atoms with van der Waals surface area (Å²) in [7, 11) is 0.871. The van der Waals surface area contributed by atoms with Gasteiger partial charge in [0, 0.05) is 12.1 Å². The number of rotatable bonds is 5. The Hall–Kier alpha value is -0.640. The van der Waals surface area contributed by atoms with Crippen LogP contribution in [0.3, 0.4) is 0 Å². The van der Waals surface area contributed by atoms with Gasteiger partial charge in [-0.2, -0.15) is 5.26 Å². The average molecular weight is 273 g/mol. The summed E-state index contributed by atoms with van der Waals surface area (Å²) in [5, 5.41) is 12.2. The first kappa shape index (κ1) is 15.4. The minimum Gasteiger partial charge on any atom is -0.303 e. The van der Waals surface area contributed by atoms with Crippen LogP contribution in [0.5, 0.6) is 0 Å². The molecule has 1 aliphatic heterocycles. The predicted molar refractivity (Wildman–Crippen MR) is 72.0 cm³/mol. The maximum Gasteiger partial charge on any atom is 0.151 e. The van der Waals surface area contributed by atoms with E-state index < -0.39 is 15.4 Å². The van der Waals surface area contributed by atoms with E-state index in [0.29, 0.717) is 12.8 Å². The van der Waals surface area contributed by atoms with E-state index in [-0.39, 0.29) is 23.6 Å². The van der Waals surface area contributed by atoms with Crippen molar-refractivity contribution in [3.05, 3.63) is 0 Å². The summed E-state index contributed by atoms with van der Waals surface area (Å²) in [5.41, 5.74) is -0.564. The third-order valence-electron chi connectivity index (χ3n) is 3.98. The van der Waals surface area contributed by atoms with E-state index in [9.17, 15) is 8.42 Å². The normalized spacial score (nSPS) is 27.7. The minimum absolute atomic E-state index is 0.0878. The number of sulfone groups is 1. The van der Waals surface area contributed by atoms with Crippen molar-refractivity contribution in [2.75, 3.05) is 25.6 Å². The van der Waals surface area contributed by atoms with Gasteiger partial charge in [-0.3, -0.25) is 4.90 Å². The molecule has 1 saturated heterocycles. The number of hydrogen-bond acceptors (Lipinski definition) is 5. The van der Waals surface area contributed by atoms with Gasteiger partial charge in [0.25, 0.3) is 0 Å². The summed E-state index contributed by atoms with van der Waals surface area (Å²) in [6, 6.07) is 2.52. The van der Waals surface area contributed by atoms with Gasteiger partial charge in [0.15, 0.2) is 9.84 Å². The van der Waals surface area contributed by atoms with Crippen LogP contribution in [0.4, 0.5) is 0 Å².